The van der Waals surface area contributed by atoms with Crippen molar-refractivity contribution in [3.63, 3.8) is 0 Å². The van der Waals surface area contributed by atoms with Crippen molar-refractivity contribution in [1.82, 2.24) is 5.32 Å². The molecule has 2 amide bonds. The molecule has 22 heavy (non-hydrogen) atoms. The maximum absolute atomic E-state index is 12.6. The Bertz CT molecular complexity index is 665. The fourth-order valence-corrected chi connectivity index (χ4v) is 2.77. The third-order valence-electron chi connectivity index (χ3n) is 3.68. The fourth-order valence-electron chi connectivity index (χ4n) is 2.53. The second-order valence-electron chi connectivity index (χ2n) is 5.28. The zero-order chi connectivity index (χ0) is 16.3. The first-order valence-corrected chi connectivity index (χ1v) is 7.52. The summed E-state index contributed by atoms with van der Waals surface area (Å²) in [6.07, 6.45) is 2.67. The number of amides is 2. The number of carbonyl (C=O) groups is 2. The van der Waals surface area contributed by atoms with Gasteiger partial charge >= 0.3 is 0 Å². The van der Waals surface area contributed by atoms with E-state index in [1.54, 1.807) is 19.2 Å². The number of hydrogen-bond acceptors (Lipinski definition) is 2. The SMILES string of the molecule is C=C(CC)C1C(=O)Nc2cc(Cl)cc(c2)/C=C\1CC(=O)NC. The predicted molar refractivity (Wildman–Crippen MR) is 89.7 cm³/mol. The average molecular weight is 319 g/mol. The van der Waals surface area contributed by atoms with Crippen LogP contribution in [0.3, 0.4) is 0 Å². The van der Waals surface area contributed by atoms with Gasteiger partial charge < -0.3 is 10.6 Å². The molecule has 116 valence electrons. The van der Waals surface area contributed by atoms with Crippen molar-refractivity contribution in [1.29, 1.82) is 0 Å². The van der Waals surface area contributed by atoms with Gasteiger partial charge in [0.05, 0.1) is 5.92 Å². The van der Waals surface area contributed by atoms with Gasteiger partial charge in [-0.1, -0.05) is 36.8 Å². The summed E-state index contributed by atoms with van der Waals surface area (Å²) < 4.78 is 0. The van der Waals surface area contributed by atoms with Crippen LogP contribution in [0.25, 0.3) is 6.08 Å². The molecular formula is C17H19ClN2O2. The number of anilines is 1. The number of fused-ring (bicyclic) bond motifs is 2. The minimum absolute atomic E-state index is 0.143. The van der Waals surface area contributed by atoms with Gasteiger partial charge in [-0.2, -0.15) is 0 Å². The molecule has 0 spiro atoms. The summed E-state index contributed by atoms with van der Waals surface area (Å²) in [5.74, 6) is -0.842. The molecule has 0 saturated carbocycles. The fraction of sp³-hybridized carbons (Fsp3) is 0.294. The van der Waals surface area contributed by atoms with Gasteiger partial charge in [-0.3, -0.25) is 9.59 Å². The molecule has 0 radical (unpaired) electrons. The van der Waals surface area contributed by atoms with Crippen LogP contribution in [-0.2, 0) is 9.59 Å². The lowest BCUT2D eigenvalue weighted by Gasteiger charge is -2.24. The van der Waals surface area contributed by atoms with Gasteiger partial charge in [0.2, 0.25) is 11.8 Å². The molecule has 1 heterocycles. The van der Waals surface area contributed by atoms with E-state index in [0.717, 1.165) is 16.7 Å². The summed E-state index contributed by atoms with van der Waals surface area (Å²) in [4.78, 5) is 24.4. The number of benzene rings is 1. The van der Waals surface area contributed by atoms with Crippen molar-refractivity contribution in [3.8, 4) is 0 Å². The van der Waals surface area contributed by atoms with Gasteiger partial charge in [0, 0.05) is 24.2 Å². The molecule has 0 aliphatic carbocycles. The summed E-state index contributed by atoms with van der Waals surface area (Å²) in [5.41, 5.74) is 3.01. The first kappa shape index (κ1) is 16.3. The summed E-state index contributed by atoms with van der Waals surface area (Å²) >= 11 is 6.07. The van der Waals surface area contributed by atoms with E-state index in [9.17, 15) is 9.59 Å². The summed E-state index contributed by atoms with van der Waals surface area (Å²) in [6, 6.07) is 5.34. The third-order valence-corrected chi connectivity index (χ3v) is 3.90. The van der Waals surface area contributed by atoms with E-state index in [-0.39, 0.29) is 18.2 Å². The molecule has 0 aromatic heterocycles. The molecule has 0 saturated heterocycles. The van der Waals surface area contributed by atoms with Crippen LogP contribution in [0.4, 0.5) is 5.69 Å². The molecule has 1 aromatic rings. The minimum Gasteiger partial charge on any atom is -0.359 e. The minimum atomic E-state index is -0.514. The number of nitrogens with one attached hydrogen (secondary N) is 2. The van der Waals surface area contributed by atoms with Crippen LogP contribution in [0.1, 0.15) is 25.3 Å². The van der Waals surface area contributed by atoms with Crippen molar-refractivity contribution in [2.45, 2.75) is 19.8 Å². The van der Waals surface area contributed by atoms with E-state index in [1.165, 1.54) is 0 Å². The molecule has 1 aliphatic rings. The molecule has 1 atom stereocenters. The maximum Gasteiger partial charge on any atom is 0.235 e. The highest BCUT2D eigenvalue weighted by molar-refractivity contribution is 6.31. The third kappa shape index (κ3) is 3.57. The topological polar surface area (TPSA) is 58.2 Å². The Morgan fingerprint density at radius 2 is 2.14 bits per heavy atom. The Morgan fingerprint density at radius 3 is 2.77 bits per heavy atom. The Balaban J connectivity index is 2.54. The maximum atomic E-state index is 12.6. The van der Waals surface area contributed by atoms with Crippen molar-refractivity contribution in [2.75, 3.05) is 12.4 Å². The Hall–Kier alpha value is -2.07. The molecule has 1 aliphatic heterocycles. The van der Waals surface area contributed by atoms with Gasteiger partial charge in [0.25, 0.3) is 0 Å². The highest BCUT2D eigenvalue weighted by Gasteiger charge is 2.28. The standard InChI is InChI=1S/C17H19ClN2O2/c1-4-10(2)16-12(8-15(21)19-3)5-11-6-13(18)9-14(7-11)20-17(16)22/h5-7,9,16H,2,4,8H2,1,3H3,(H,19,21)(H,20,22)/b12-5-. The Morgan fingerprint density at radius 1 is 1.41 bits per heavy atom. The van der Waals surface area contributed by atoms with E-state index < -0.39 is 5.92 Å². The number of halogens is 1. The number of hydrogen-bond donors (Lipinski definition) is 2. The molecule has 1 unspecified atom stereocenters. The van der Waals surface area contributed by atoms with Gasteiger partial charge in [0.1, 0.15) is 0 Å². The lowest BCUT2D eigenvalue weighted by atomic mass is 9.85. The zero-order valence-corrected chi connectivity index (χ0v) is 13.5. The Kier molecular flexibility index (Phi) is 5.03. The van der Waals surface area contributed by atoms with Crippen molar-refractivity contribution in [3.05, 3.63) is 46.5 Å². The second-order valence-corrected chi connectivity index (χ2v) is 5.71. The van der Waals surface area contributed by atoms with E-state index in [0.29, 0.717) is 17.1 Å². The van der Waals surface area contributed by atoms with Crippen molar-refractivity contribution in [2.24, 2.45) is 5.92 Å². The predicted octanol–water partition coefficient (Wildman–Crippen LogP) is 3.39. The van der Waals surface area contributed by atoms with Crippen LogP contribution >= 0.6 is 11.6 Å². The van der Waals surface area contributed by atoms with E-state index in [2.05, 4.69) is 17.2 Å². The van der Waals surface area contributed by atoms with E-state index in [1.807, 2.05) is 19.1 Å². The second kappa shape index (κ2) is 6.79. The molecule has 2 bridgehead atoms. The molecule has 0 fully saturated rings. The lowest BCUT2D eigenvalue weighted by molar-refractivity contribution is -0.120. The van der Waals surface area contributed by atoms with Crippen LogP contribution in [0.5, 0.6) is 0 Å². The number of rotatable bonds is 4. The average Bonchev–Trinajstić information content (AvgIpc) is 2.45. The summed E-state index contributed by atoms with van der Waals surface area (Å²) in [6.45, 7) is 5.94. The first-order valence-electron chi connectivity index (χ1n) is 7.14. The van der Waals surface area contributed by atoms with Crippen LogP contribution in [0.2, 0.25) is 5.02 Å². The molecule has 1 aromatic carbocycles. The Labute approximate surface area is 135 Å². The summed E-state index contributed by atoms with van der Waals surface area (Å²) in [5, 5.41) is 5.98. The van der Waals surface area contributed by atoms with Gasteiger partial charge in [-0.15, -0.1) is 0 Å². The molecule has 2 rings (SSSR count). The van der Waals surface area contributed by atoms with E-state index in [4.69, 9.17) is 11.6 Å². The number of carbonyl (C=O) groups excluding carboxylic acids is 2. The highest BCUT2D eigenvalue weighted by atomic mass is 35.5. The lowest BCUT2D eigenvalue weighted by Crippen LogP contribution is -2.29. The molecule has 4 nitrogen and oxygen atoms in total. The monoisotopic (exact) mass is 318 g/mol. The quantitative estimate of drug-likeness (QED) is 0.836. The van der Waals surface area contributed by atoms with Gasteiger partial charge in [-0.05, 0) is 35.8 Å². The smallest absolute Gasteiger partial charge is 0.235 e. The normalized spacial score (nSPS) is 19.3. The largest absolute Gasteiger partial charge is 0.359 e. The summed E-state index contributed by atoms with van der Waals surface area (Å²) in [7, 11) is 1.58. The van der Waals surface area contributed by atoms with Gasteiger partial charge in [-0.25, -0.2) is 0 Å². The van der Waals surface area contributed by atoms with Crippen LogP contribution in [0.15, 0.2) is 35.9 Å². The first-order chi connectivity index (χ1) is 10.4. The van der Waals surface area contributed by atoms with Crippen LogP contribution in [0, 0.1) is 5.92 Å². The van der Waals surface area contributed by atoms with Crippen LogP contribution in [-0.4, -0.2) is 18.9 Å². The molecule has 5 heteroatoms. The molecular weight excluding hydrogens is 300 g/mol. The zero-order valence-electron chi connectivity index (χ0n) is 12.7. The van der Waals surface area contributed by atoms with E-state index >= 15 is 0 Å². The molecule has 2 N–H and O–H groups in total. The van der Waals surface area contributed by atoms with Crippen molar-refractivity contribution < 1.29 is 9.59 Å². The van der Waals surface area contributed by atoms with Gasteiger partial charge in [0.15, 0.2) is 0 Å². The van der Waals surface area contributed by atoms with Crippen LogP contribution < -0.4 is 10.6 Å². The highest BCUT2D eigenvalue weighted by Crippen LogP contribution is 2.32. The van der Waals surface area contributed by atoms with Crippen molar-refractivity contribution >= 4 is 35.2 Å².